The van der Waals surface area contributed by atoms with Crippen LogP contribution in [0.4, 0.5) is 11.4 Å². The van der Waals surface area contributed by atoms with Gasteiger partial charge < -0.3 is 4.90 Å². The minimum absolute atomic E-state index is 0.0982. The van der Waals surface area contributed by atoms with Crippen LogP contribution < -0.4 is 4.90 Å². The third kappa shape index (κ3) is 3.45. The molecule has 0 heterocycles. The standard InChI is InChI=1S/C13H17N3O2/c1-10(2)6-7-15(3)12-5-4-11(9-14)13(8-12)16(17)18/h4-5,8,10H,6-7H2,1-3H3. The third-order valence-electron chi connectivity index (χ3n) is 2.78. The summed E-state index contributed by atoms with van der Waals surface area (Å²) in [7, 11) is 1.90. The van der Waals surface area contributed by atoms with Crippen molar-refractivity contribution in [3.05, 3.63) is 33.9 Å². The zero-order chi connectivity index (χ0) is 13.7. The molecular formula is C13H17N3O2. The summed E-state index contributed by atoms with van der Waals surface area (Å²) < 4.78 is 0. The van der Waals surface area contributed by atoms with Gasteiger partial charge >= 0.3 is 0 Å². The number of hydrogen-bond acceptors (Lipinski definition) is 4. The van der Waals surface area contributed by atoms with Gasteiger partial charge in [-0.15, -0.1) is 0 Å². The molecule has 0 aliphatic heterocycles. The first-order valence-electron chi connectivity index (χ1n) is 5.85. The van der Waals surface area contributed by atoms with Crippen LogP contribution >= 0.6 is 0 Å². The molecule has 0 radical (unpaired) electrons. The molecule has 0 N–H and O–H groups in total. The molecule has 0 amide bonds. The van der Waals surface area contributed by atoms with Crippen LogP contribution in [0.1, 0.15) is 25.8 Å². The number of nitriles is 1. The van der Waals surface area contributed by atoms with Crippen molar-refractivity contribution in [1.29, 1.82) is 5.26 Å². The van der Waals surface area contributed by atoms with E-state index in [0.29, 0.717) is 5.92 Å². The van der Waals surface area contributed by atoms with Crippen LogP contribution in [0.3, 0.4) is 0 Å². The summed E-state index contributed by atoms with van der Waals surface area (Å²) in [5, 5.41) is 19.7. The van der Waals surface area contributed by atoms with E-state index in [1.165, 1.54) is 12.1 Å². The van der Waals surface area contributed by atoms with E-state index in [0.717, 1.165) is 18.7 Å². The second-order valence-electron chi connectivity index (χ2n) is 4.67. The van der Waals surface area contributed by atoms with Crippen LogP contribution in [0.5, 0.6) is 0 Å². The molecule has 0 spiro atoms. The zero-order valence-electron chi connectivity index (χ0n) is 10.9. The highest BCUT2D eigenvalue weighted by atomic mass is 16.6. The van der Waals surface area contributed by atoms with Gasteiger partial charge in [0, 0.05) is 25.3 Å². The third-order valence-corrected chi connectivity index (χ3v) is 2.78. The van der Waals surface area contributed by atoms with E-state index in [-0.39, 0.29) is 11.3 Å². The SMILES string of the molecule is CC(C)CCN(C)c1ccc(C#N)c([N+](=O)[O-])c1. The molecule has 1 aromatic carbocycles. The normalized spacial score (nSPS) is 10.2. The van der Waals surface area contributed by atoms with Crippen LogP contribution in [0, 0.1) is 27.4 Å². The van der Waals surface area contributed by atoms with Crippen molar-refractivity contribution in [3.63, 3.8) is 0 Å². The molecule has 0 fully saturated rings. The number of nitro benzene ring substituents is 1. The predicted octanol–water partition coefficient (Wildman–Crippen LogP) is 2.95. The maximum Gasteiger partial charge on any atom is 0.289 e. The Bertz CT molecular complexity index is 478. The Morgan fingerprint density at radius 3 is 2.67 bits per heavy atom. The largest absolute Gasteiger partial charge is 0.374 e. The quantitative estimate of drug-likeness (QED) is 0.592. The van der Waals surface area contributed by atoms with Gasteiger partial charge in [0.05, 0.1) is 4.92 Å². The van der Waals surface area contributed by atoms with Crippen LogP contribution in [0.25, 0.3) is 0 Å². The van der Waals surface area contributed by atoms with Crippen molar-refractivity contribution in [1.82, 2.24) is 0 Å². The summed E-state index contributed by atoms with van der Waals surface area (Å²) in [5.74, 6) is 0.584. The Balaban J connectivity index is 2.94. The summed E-state index contributed by atoms with van der Waals surface area (Å²) in [6.07, 6.45) is 1.02. The summed E-state index contributed by atoms with van der Waals surface area (Å²) in [6, 6.07) is 6.53. The molecule has 96 valence electrons. The lowest BCUT2D eigenvalue weighted by Gasteiger charge is -2.20. The lowest BCUT2D eigenvalue weighted by Crippen LogP contribution is -2.20. The molecule has 0 aliphatic rings. The Kier molecular flexibility index (Phi) is 4.67. The molecule has 0 saturated carbocycles. The van der Waals surface area contributed by atoms with Crippen molar-refractivity contribution in [2.24, 2.45) is 5.92 Å². The van der Waals surface area contributed by atoms with Gasteiger partial charge in [-0.1, -0.05) is 13.8 Å². The number of rotatable bonds is 5. The predicted molar refractivity (Wildman–Crippen MR) is 70.5 cm³/mol. The minimum Gasteiger partial charge on any atom is -0.374 e. The van der Waals surface area contributed by atoms with Crippen LogP contribution in [-0.2, 0) is 0 Å². The van der Waals surface area contributed by atoms with E-state index in [9.17, 15) is 10.1 Å². The number of benzene rings is 1. The number of anilines is 1. The van der Waals surface area contributed by atoms with E-state index in [2.05, 4.69) is 13.8 Å². The average molecular weight is 247 g/mol. The Labute approximate surface area is 107 Å². The maximum atomic E-state index is 10.9. The highest BCUT2D eigenvalue weighted by molar-refractivity contribution is 5.60. The molecule has 5 nitrogen and oxygen atoms in total. The smallest absolute Gasteiger partial charge is 0.289 e. The van der Waals surface area contributed by atoms with Gasteiger partial charge in [-0.3, -0.25) is 10.1 Å². The minimum atomic E-state index is -0.516. The molecule has 1 aromatic rings. The van der Waals surface area contributed by atoms with Gasteiger partial charge in [0.1, 0.15) is 11.6 Å². The molecular weight excluding hydrogens is 230 g/mol. The molecule has 0 bridgehead atoms. The summed E-state index contributed by atoms with van der Waals surface area (Å²) in [6.45, 7) is 5.10. The van der Waals surface area contributed by atoms with Crippen molar-refractivity contribution < 1.29 is 4.92 Å². The first-order chi connectivity index (χ1) is 8.45. The van der Waals surface area contributed by atoms with Gasteiger partial charge in [-0.25, -0.2) is 0 Å². The molecule has 0 aliphatic carbocycles. The van der Waals surface area contributed by atoms with Crippen LogP contribution in [0.2, 0.25) is 0 Å². The topological polar surface area (TPSA) is 70.2 Å². The van der Waals surface area contributed by atoms with E-state index in [1.807, 2.05) is 18.0 Å². The van der Waals surface area contributed by atoms with Gasteiger partial charge in [0.25, 0.3) is 5.69 Å². The van der Waals surface area contributed by atoms with Crippen LogP contribution in [0.15, 0.2) is 18.2 Å². The van der Waals surface area contributed by atoms with Crippen molar-refractivity contribution in [2.45, 2.75) is 20.3 Å². The van der Waals surface area contributed by atoms with E-state index >= 15 is 0 Å². The maximum absolute atomic E-state index is 10.9. The monoisotopic (exact) mass is 247 g/mol. The molecule has 18 heavy (non-hydrogen) atoms. The molecule has 5 heteroatoms. The van der Waals surface area contributed by atoms with E-state index in [1.54, 1.807) is 6.07 Å². The highest BCUT2D eigenvalue weighted by Gasteiger charge is 2.15. The summed E-state index contributed by atoms with van der Waals surface area (Å²) in [4.78, 5) is 12.3. The number of hydrogen-bond donors (Lipinski definition) is 0. The Hall–Kier alpha value is -2.09. The summed E-state index contributed by atoms with van der Waals surface area (Å²) in [5.41, 5.74) is 0.730. The van der Waals surface area contributed by atoms with Crippen LogP contribution in [-0.4, -0.2) is 18.5 Å². The van der Waals surface area contributed by atoms with E-state index in [4.69, 9.17) is 5.26 Å². The van der Waals surface area contributed by atoms with E-state index < -0.39 is 4.92 Å². The fourth-order valence-corrected chi connectivity index (χ4v) is 1.58. The van der Waals surface area contributed by atoms with Crippen molar-refractivity contribution in [2.75, 3.05) is 18.5 Å². The second kappa shape index (κ2) is 6.01. The Morgan fingerprint density at radius 1 is 1.50 bits per heavy atom. The fraction of sp³-hybridized carbons (Fsp3) is 0.462. The lowest BCUT2D eigenvalue weighted by molar-refractivity contribution is -0.385. The molecule has 0 aromatic heterocycles. The second-order valence-corrected chi connectivity index (χ2v) is 4.67. The van der Waals surface area contributed by atoms with Crippen molar-refractivity contribution in [3.8, 4) is 6.07 Å². The van der Waals surface area contributed by atoms with Gasteiger partial charge in [-0.2, -0.15) is 5.26 Å². The lowest BCUT2D eigenvalue weighted by atomic mass is 10.1. The van der Waals surface area contributed by atoms with Gasteiger partial charge in [-0.05, 0) is 24.5 Å². The van der Waals surface area contributed by atoms with Gasteiger partial charge in [0.15, 0.2) is 0 Å². The average Bonchev–Trinajstić information content (AvgIpc) is 2.34. The molecule has 0 atom stereocenters. The molecule has 1 rings (SSSR count). The highest BCUT2D eigenvalue weighted by Crippen LogP contribution is 2.24. The summed E-state index contributed by atoms with van der Waals surface area (Å²) >= 11 is 0. The first-order valence-corrected chi connectivity index (χ1v) is 5.85. The molecule has 0 unspecified atom stereocenters. The zero-order valence-corrected chi connectivity index (χ0v) is 10.9. The molecule has 0 saturated heterocycles. The fourth-order valence-electron chi connectivity index (χ4n) is 1.58. The Morgan fingerprint density at radius 2 is 2.17 bits per heavy atom. The number of nitro groups is 1. The van der Waals surface area contributed by atoms with Gasteiger partial charge in [0.2, 0.25) is 0 Å². The number of nitrogens with zero attached hydrogens (tertiary/aromatic N) is 3. The van der Waals surface area contributed by atoms with Crippen molar-refractivity contribution >= 4 is 11.4 Å². The first kappa shape index (κ1) is 14.0.